The average Bonchev–Trinajstić information content (AvgIpc) is 3.10. The number of fused-ring (bicyclic) bond motifs is 1. The van der Waals surface area contributed by atoms with Crippen LogP contribution in [0.5, 0.6) is 0 Å². The number of thioether (sulfide) groups is 1. The molecule has 0 bridgehead atoms. The van der Waals surface area contributed by atoms with Gasteiger partial charge in [-0.1, -0.05) is 24.3 Å². The molecule has 2 heterocycles. The highest BCUT2D eigenvalue weighted by atomic mass is 32.2. The molecule has 3 aromatic rings. The standard InChI is InChI=1S/C17H10FN3O2S/c18-11-5-3-4-10(8-11)9-14-15(22)20-17(24-14)21-16-19-12-6-1-2-7-13(12)23-16/h1-9H,(H,19,20,21,22)/b14-9-. The van der Waals surface area contributed by atoms with Gasteiger partial charge < -0.3 is 9.73 Å². The number of amides is 1. The summed E-state index contributed by atoms with van der Waals surface area (Å²) >= 11 is 1.15. The quantitative estimate of drug-likeness (QED) is 0.720. The van der Waals surface area contributed by atoms with E-state index in [1.165, 1.54) is 12.1 Å². The fraction of sp³-hybridized carbons (Fsp3) is 0. The molecular weight excluding hydrogens is 329 g/mol. The summed E-state index contributed by atoms with van der Waals surface area (Å²) in [6.07, 6.45) is 1.61. The fourth-order valence-electron chi connectivity index (χ4n) is 2.22. The van der Waals surface area contributed by atoms with Crippen LogP contribution in [0.4, 0.5) is 10.4 Å². The van der Waals surface area contributed by atoms with E-state index in [-0.39, 0.29) is 17.7 Å². The van der Waals surface area contributed by atoms with E-state index < -0.39 is 0 Å². The Morgan fingerprint density at radius 1 is 1.21 bits per heavy atom. The van der Waals surface area contributed by atoms with Crippen molar-refractivity contribution in [3.8, 4) is 0 Å². The lowest BCUT2D eigenvalue weighted by atomic mass is 10.2. The minimum atomic E-state index is -0.354. The van der Waals surface area contributed by atoms with E-state index >= 15 is 0 Å². The van der Waals surface area contributed by atoms with Crippen LogP contribution in [0, 0.1) is 5.82 Å². The molecule has 1 amide bonds. The van der Waals surface area contributed by atoms with E-state index in [0.717, 1.165) is 11.8 Å². The van der Waals surface area contributed by atoms with Crippen molar-refractivity contribution in [3.05, 3.63) is 64.8 Å². The molecule has 1 aliphatic heterocycles. The SMILES string of the molecule is O=C1N/C(=N\c2nc3ccccc3o2)S/C1=C\c1cccc(F)c1. The van der Waals surface area contributed by atoms with E-state index in [1.807, 2.05) is 18.2 Å². The summed E-state index contributed by atoms with van der Waals surface area (Å²) in [6, 6.07) is 13.5. The van der Waals surface area contributed by atoms with Crippen molar-refractivity contribution in [1.82, 2.24) is 10.3 Å². The number of oxazole rings is 1. The van der Waals surface area contributed by atoms with Crippen LogP contribution in [0.3, 0.4) is 0 Å². The second-order valence-electron chi connectivity index (χ2n) is 5.00. The van der Waals surface area contributed by atoms with Crippen molar-refractivity contribution < 1.29 is 13.6 Å². The molecule has 1 saturated heterocycles. The molecule has 0 saturated carbocycles. The summed E-state index contributed by atoms with van der Waals surface area (Å²) in [4.78, 5) is 20.9. The number of rotatable bonds is 2. The topological polar surface area (TPSA) is 67.5 Å². The van der Waals surface area contributed by atoms with Crippen LogP contribution >= 0.6 is 11.8 Å². The molecule has 5 nitrogen and oxygen atoms in total. The number of aliphatic imine (C=N–C) groups is 1. The Bertz CT molecular complexity index is 977. The van der Waals surface area contributed by atoms with Gasteiger partial charge in [-0.15, -0.1) is 0 Å². The summed E-state index contributed by atoms with van der Waals surface area (Å²) in [5, 5.41) is 3.01. The van der Waals surface area contributed by atoms with Crippen LogP contribution < -0.4 is 5.32 Å². The van der Waals surface area contributed by atoms with Gasteiger partial charge in [0.25, 0.3) is 5.91 Å². The largest absolute Gasteiger partial charge is 0.422 e. The molecule has 24 heavy (non-hydrogen) atoms. The first-order valence-corrected chi connectivity index (χ1v) is 7.90. The average molecular weight is 339 g/mol. The molecule has 4 rings (SSSR count). The molecular formula is C17H10FN3O2S. The van der Waals surface area contributed by atoms with Gasteiger partial charge in [0.2, 0.25) is 0 Å². The normalized spacial score (nSPS) is 17.8. The number of amidine groups is 1. The second-order valence-corrected chi connectivity index (χ2v) is 6.03. The van der Waals surface area contributed by atoms with Gasteiger partial charge in [-0.2, -0.15) is 9.98 Å². The Hall–Kier alpha value is -2.93. The second kappa shape index (κ2) is 5.93. The zero-order valence-corrected chi connectivity index (χ0v) is 13.0. The van der Waals surface area contributed by atoms with E-state index in [2.05, 4.69) is 15.3 Å². The molecule has 0 spiro atoms. The van der Waals surface area contributed by atoms with E-state index in [9.17, 15) is 9.18 Å². The highest BCUT2D eigenvalue weighted by Gasteiger charge is 2.24. The molecule has 0 unspecified atom stereocenters. The molecule has 0 atom stereocenters. The fourth-order valence-corrected chi connectivity index (χ4v) is 3.04. The molecule has 1 aromatic heterocycles. The molecule has 1 fully saturated rings. The number of halogens is 1. The lowest BCUT2D eigenvalue weighted by molar-refractivity contribution is -0.115. The Balaban J connectivity index is 1.61. The molecule has 1 aliphatic rings. The maximum atomic E-state index is 13.2. The van der Waals surface area contributed by atoms with Gasteiger partial charge in [0.05, 0.1) is 4.91 Å². The zero-order chi connectivity index (χ0) is 16.5. The van der Waals surface area contributed by atoms with E-state index in [0.29, 0.717) is 26.7 Å². The minimum Gasteiger partial charge on any atom is -0.422 e. The summed E-state index contributed by atoms with van der Waals surface area (Å²) in [7, 11) is 0. The van der Waals surface area contributed by atoms with Crippen molar-refractivity contribution in [1.29, 1.82) is 0 Å². The Morgan fingerprint density at radius 3 is 2.92 bits per heavy atom. The lowest BCUT2D eigenvalue weighted by Gasteiger charge is -1.94. The van der Waals surface area contributed by atoms with Crippen molar-refractivity contribution in [2.75, 3.05) is 0 Å². The highest BCUT2D eigenvalue weighted by molar-refractivity contribution is 8.18. The van der Waals surface area contributed by atoms with Crippen LogP contribution in [0.25, 0.3) is 17.2 Å². The molecule has 7 heteroatoms. The number of hydrogen-bond acceptors (Lipinski definition) is 5. The van der Waals surface area contributed by atoms with E-state index in [1.54, 1.807) is 24.3 Å². The van der Waals surface area contributed by atoms with Gasteiger partial charge in [0.1, 0.15) is 11.3 Å². The number of hydrogen-bond donors (Lipinski definition) is 1. The molecule has 1 N–H and O–H groups in total. The number of nitrogens with zero attached hydrogens (tertiary/aromatic N) is 2. The van der Waals surface area contributed by atoms with Crippen molar-refractivity contribution in [2.45, 2.75) is 0 Å². The number of nitrogens with one attached hydrogen (secondary N) is 1. The smallest absolute Gasteiger partial charge is 0.325 e. The van der Waals surface area contributed by atoms with Crippen LogP contribution in [0.2, 0.25) is 0 Å². The minimum absolute atomic E-state index is 0.172. The van der Waals surface area contributed by atoms with Gasteiger partial charge in [-0.05, 0) is 47.7 Å². The number of para-hydroxylation sites is 2. The Labute approximate surface area is 140 Å². The summed E-state index contributed by atoms with van der Waals surface area (Å²) < 4.78 is 18.7. The number of carbonyl (C=O) groups excluding carboxylic acids is 1. The monoisotopic (exact) mass is 339 g/mol. The molecule has 2 aromatic carbocycles. The predicted molar refractivity (Wildman–Crippen MR) is 91.2 cm³/mol. The van der Waals surface area contributed by atoms with Gasteiger partial charge in [-0.3, -0.25) is 4.79 Å². The maximum Gasteiger partial charge on any atom is 0.325 e. The predicted octanol–water partition coefficient (Wildman–Crippen LogP) is 3.86. The Kier molecular flexibility index (Phi) is 3.62. The number of carbonyl (C=O) groups is 1. The van der Waals surface area contributed by atoms with Crippen molar-refractivity contribution >= 4 is 46.0 Å². The lowest BCUT2D eigenvalue weighted by Crippen LogP contribution is -2.19. The molecule has 0 radical (unpaired) electrons. The van der Waals surface area contributed by atoms with Gasteiger partial charge in [-0.25, -0.2) is 4.39 Å². The van der Waals surface area contributed by atoms with Crippen LogP contribution in [0.15, 0.2) is 62.8 Å². The maximum absolute atomic E-state index is 13.2. The van der Waals surface area contributed by atoms with Crippen molar-refractivity contribution in [3.63, 3.8) is 0 Å². The zero-order valence-electron chi connectivity index (χ0n) is 12.2. The highest BCUT2D eigenvalue weighted by Crippen LogP contribution is 2.29. The van der Waals surface area contributed by atoms with Crippen LogP contribution in [0.1, 0.15) is 5.56 Å². The first kappa shape index (κ1) is 14.6. The number of aromatic nitrogens is 1. The third kappa shape index (κ3) is 2.93. The van der Waals surface area contributed by atoms with Crippen molar-refractivity contribution in [2.24, 2.45) is 4.99 Å². The number of benzene rings is 2. The van der Waals surface area contributed by atoms with Gasteiger partial charge >= 0.3 is 6.01 Å². The molecule has 118 valence electrons. The third-order valence-electron chi connectivity index (χ3n) is 3.28. The van der Waals surface area contributed by atoms with Gasteiger partial charge in [0.15, 0.2) is 10.8 Å². The summed E-state index contributed by atoms with van der Waals surface area (Å²) in [6.45, 7) is 0. The first-order valence-electron chi connectivity index (χ1n) is 7.08. The van der Waals surface area contributed by atoms with E-state index in [4.69, 9.17) is 4.42 Å². The molecule has 0 aliphatic carbocycles. The van der Waals surface area contributed by atoms with Crippen LogP contribution in [-0.4, -0.2) is 16.1 Å². The van der Waals surface area contributed by atoms with Crippen LogP contribution in [-0.2, 0) is 4.79 Å². The summed E-state index contributed by atoms with van der Waals surface area (Å²) in [5.41, 5.74) is 1.93. The first-order chi connectivity index (χ1) is 11.7. The Morgan fingerprint density at radius 2 is 2.08 bits per heavy atom. The third-order valence-corrected chi connectivity index (χ3v) is 4.19. The van der Waals surface area contributed by atoms with Gasteiger partial charge in [0, 0.05) is 0 Å². The summed E-state index contributed by atoms with van der Waals surface area (Å²) in [5.74, 6) is -0.646.